The molecule has 0 bridgehead atoms. The number of aromatic nitrogens is 1. The fourth-order valence-electron chi connectivity index (χ4n) is 3.91. The third kappa shape index (κ3) is 4.71. The quantitative estimate of drug-likeness (QED) is 0.289. The first-order valence-electron chi connectivity index (χ1n) is 11.2. The minimum absolute atomic E-state index is 0.214. The van der Waals surface area contributed by atoms with Gasteiger partial charge < -0.3 is 9.64 Å². The average molecular weight is 497 g/mol. The lowest BCUT2D eigenvalue weighted by Crippen LogP contribution is -2.19. The van der Waals surface area contributed by atoms with Gasteiger partial charge in [0.1, 0.15) is 12.3 Å². The molecule has 0 unspecified atom stereocenters. The molecule has 34 heavy (non-hydrogen) atoms. The number of hydrogen-bond donors (Lipinski definition) is 0. The van der Waals surface area contributed by atoms with Crippen molar-refractivity contribution in [1.29, 1.82) is 0 Å². The molecule has 0 aliphatic heterocycles. The van der Waals surface area contributed by atoms with Crippen molar-refractivity contribution in [2.45, 2.75) is 24.7 Å². The van der Waals surface area contributed by atoms with Crippen molar-refractivity contribution in [3.8, 4) is 17.0 Å². The van der Waals surface area contributed by atoms with Gasteiger partial charge in [0.15, 0.2) is 5.75 Å². The van der Waals surface area contributed by atoms with Gasteiger partial charge in [-0.1, -0.05) is 67.9 Å². The first-order chi connectivity index (χ1) is 16.2. The topological polar surface area (TPSA) is 51.5 Å². The smallest absolute Gasteiger partial charge is 0.268 e. The lowest BCUT2D eigenvalue weighted by Gasteiger charge is -2.15. The van der Waals surface area contributed by atoms with Crippen molar-refractivity contribution in [3.05, 3.63) is 83.4 Å². The van der Waals surface area contributed by atoms with Crippen LogP contribution in [0, 0.1) is 0 Å². The second-order valence-corrected chi connectivity index (χ2v) is 11.1. The Morgan fingerprint density at radius 1 is 0.971 bits per heavy atom. The van der Waals surface area contributed by atoms with Gasteiger partial charge in [-0.2, -0.15) is 0 Å². The van der Waals surface area contributed by atoms with E-state index in [4.69, 9.17) is 16.3 Å². The second kappa shape index (κ2) is 9.82. The van der Waals surface area contributed by atoms with E-state index in [0.717, 1.165) is 11.1 Å². The Bertz CT molecular complexity index is 1390. The summed E-state index contributed by atoms with van der Waals surface area (Å²) < 4.78 is 35.8. The highest BCUT2D eigenvalue weighted by molar-refractivity contribution is 7.90. The average Bonchev–Trinajstić information content (AvgIpc) is 3.13. The Kier molecular flexibility index (Phi) is 7.03. The molecule has 0 amide bonds. The summed E-state index contributed by atoms with van der Waals surface area (Å²) in [7, 11) is -0.0204. The maximum atomic E-state index is 14.1. The van der Waals surface area contributed by atoms with Crippen LogP contribution in [0.25, 0.3) is 22.2 Å². The van der Waals surface area contributed by atoms with Gasteiger partial charge in [0.25, 0.3) is 10.0 Å². The highest BCUT2D eigenvalue weighted by Gasteiger charge is 2.29. The van der Waals surface area contributed by atoms with E-state index in [0.29, 0.717) is 46.4 Å². The zero-order valence-corrected chi connectivity index (χ0v) is 21.4. The number of likely N-dealkylation sites (N-methyl/N-ethyl adjacent to an activating group) is 1. The summed E-state index contributed by atoms with van der Waals surface area (Å²) in [6, 6.07) is 21.8. The van der Waals surface area contributed by atoms with Crippen LogP contribution in [0.3, 0.4) is 0 Å². The Hall–Kier alpha value is -2.80. The normalized spacial score (nSPS) is 12.1. The van der Waals surface area contributed by atoms with Gasteiger partial charge in [-0.3, -0.25) is 0 Å². The maximum Gasteiger partial charge on any atom is 0.268 e. The van der Waals surface area contributed by atoms with Crippen LogP contribution in [0.4, 0.5) is 0 Å². The van der Waals surface area contributed by atoms with Crippen LogP contribution in [0.15, 0.2) is 77.7 Å². The van der Waals surface area contributed by atoms with Gasteiger partial charge in [-0.25, -0.2) is 12.4 Å². The summed E-state index contributed by atoms with van der Waals surface area (Å²) >= 11 is 6.34. The van der Waals surface area contributed by atoms with E-state index in [1.54, 1.807) is 24.3 Å². The van der Waals surface area contributed by atoms with Gasteiger partial charge in [0.2, 0.25) is 0 Å². The number of ether oxygens (including phenoxy) is 1. The third-order valence-electron chi connectivity index (χ3n) is 5.76. The Balaban J connectivity index is 2.00. The molecule has 1 aromatic heterocycles. The van der Waals surface area contributed by atoms with Gasteiger partial charge in [0, 0.05) is 22.5 Å². The molecule has 1 heterocycles. The molecule has 178 valence electrons. The standard InChI is InChI=1S/C27H29ClN2O3S/c1-19(2)20-10-13-23(14-11-20)34(31,32)30-25-18-22(28)12-15-24(25)27(33-17-16-29(3)4)26(30)21-8-6-5-7-9-21/h5-15,18-19H,16-17H2,1-4H3. The van der Waals surface area contributed by atoms with Crippen LogP contribution in [0.2, 0.25) is 5.02 Å². The third-order valence-corrected chi connectivity index (χ3v) is 7.72. The van der Waals surface area contributed by atoms with Crippen LogP contribution in [0.5, 0.6) is 5.75 Å². The molecule has 0 saturated carbocycles. The Labute approximate surface area is 206 Å². The van der Waals surface area contributed by atoms with Crippen LogP contribution in [0.1, 0.15) is 25.3 Å². The fraction of sp³-hybridized carbons (Fsp3) is 0.259. The van der Waals surface area contributed by atoms with E-state index in [1.807, 2.05) is 67.5 Å². The van der Waals surface area contributed by atoms with Crippen molar-refractivity contribution >= 4 is 32.5 Å². The van der Waals surface area contributed by atoms with E-state index in [2.05, 4.69) is 13.8 Å². The van der Waals surface area contributed by atoms with Gasteiger partial charge in [-0.05, 0) is 55.9 Å². The van der Waals surface area contributed by atoms with Crippen molar-refractivity contribution in [2.24, 2.45) is 0 Å². The highest BCUT2D eigenvalue weighted by Crippen LogP contribution is 2.43. The zero-order valence-electron chi connectivity index (χ0n) is 19.8. The molecular formula is C27H29ClN2O3S. The van der Waals surface area contributed by atoms with Crippen molar-refractivity contribution < 1.29 is 13.2 Å². The van der Waals surface area contributed by atoms with Crippen LogP contribution in [-0.2, 0) is 10.0 Å². The molecule has 0 saturated heterocycles. The van der Waals surface area contributed by atoms with Gasteiger partial charge in [0.05, 0.1) is 10.4 Å². The van der Waals surface area contributed by atoms with Crippen molar-refractivity contribution in [3.63, 3.8) is 0 Å². The van der Waals surface area contributed by atoms with Crippen molar-refractivity contribution in [1.82, 2.24) is 8.87 Å². The molecule has 4 rings (SSSR count). The molecule has 0 aliphatic carbocycles. The molecular weight excluding hydrogens is 468 g/mol. The SMILES string of the molecule is CC(C)c1ccc(S(=O)(=O)n2c(-c3ccccc3)c(OCCN(C)C)c3ccc(Cl)cc32)cc1. The summed E-state index contributed by atoms with van der Waals surface area (Å²) in [4.78, 5) is 2.23. The number of benzene rings is 3. The van der Waals surface area contributed by atoms with E-state index in [1.165, 1.54) is 3.97 Å². The van der Waals surface area contributed by atoms with Crippen LogP contribution in [-0.4, -0.2) is 44.5 Å². The summed E-state index contributed by atoms with van der Waals surface area (Å²) in [6.45, 7) is 5.27. The van der Waals surface area contributed by atoms with E-state index >= 15 is 0 Å². The summed E-state index contributed by atoms with van der Waals surface area (Å²) in [5.41, 5.74) is 2.80. The highest BCUT2D eigenvalue weighted by atomic mass is 35.5. The summed E-state index contributed by atoms with van der Waals surface area (Å²) in [5.74, 6) is 0.835. The molecule has 5 nitrogen and oxygen atoms in total. The zero-order chi connectivity index (χ0) is 24.5. The largest absolute Gasteiger partial charge is 0.489 e. The molecule has 0 aliphatic rings. The van der Waals surface area contributed by atoms with Crippen LogP contribution < -0.4 is 4.74 Å². The number of nitrogens with zero attached hydrogens (tertiary/aromatic N) is 2. The maximum absolute atomic E-state index is 14.1. The minimum atomic E-state index is -3.96. The summed E-state index contributed by atoms with van der Waals surface area (Å²) in [6.07, 6.45) is 0. The molecule has 0 spiro atoms. The van der Waals surface area contributed by atoms with Crippen LogP contribution >= 0.6 is 11.6 Å². The molecule has 3 aromatic carbocycles. The molecule has 7 heteroatoms. The predicted octanol–water partition coefficient (Wildman–Crippen LogP) is 6.26. The van der Waals surface area contributed by atoms with E-state index in [9.17, 15) is 8.42 Å². The van der Waals surface area contributed by atoms with E-state index < -0.39 is 10.0 Å². The number of fused-ring (bicyclic) bond motifs is 1. The van der Waals surface area contributed by atoms with Gasteiger partial charge in [-0.15, -0.1) is 0 Å². The van der Waals surface area contributed by atoms with Crippen molar-refractivity contribution in [2.75, 3.05) is 27.2 Å². The Morgan fingerprint density at radius 3 is 2.26 bits per heavy atom. The number of halogens is 1. The molecule has 0 fully saturated rings. The number of hydrogen-bond acceptors (Lipinski definition) is 4. The fourth-order valence-corrected chi connectivity index (χ4v) is 5.60. The lowest BCUT2D eigenvalue weighted by atomic mass is 10.0. The molecule has 0 radical (unpaired) electrons. The first-order valence-corrected chi connectivity index (χ1v) is 13.0. The first kappa shape index (κ1) is 24.3. The molecule has 0 N–H and O–H groups in total. The second-order valence-electron chi connectivity index (χ2n) is 8.85. The van der Waals surface area contributed by atoms with E-state index in [-0.39, 0.29) is 4.90 Å². The van der Waals surface area contributed by atoms with Gasteiger partial charge >= 0.3 is 0 Å². The predicted molar refractivity (Wildman–Crippen MR) is 140 cm³/mol. The molecule has 0 atom stereocenters. The summed E-state index contributed by atoms with van der Waals surface area (Å²) in [5, 5.41) is 1.15. The minimum Gasteiger partial charge on any atom is -0.489 e. The monoisotopic (exact) mass is 496 g/mol. The number of rotatable bonds is 8. The Morgan fingerprint density at radius 2 is 1.65 bits per heavy atom. The lowest BCUT2D eigenvalue weighted by molar-refractivity contribution is 0.264. The molecule has 4 aromatic rings.